The van der Waals surface area contributed by atoms with Crippen molar-refractivity contribution in [3.05, 3.63) is 23.8 Å². The fraction of sp³-hybridized carbons (Fsp3) is 0.700. The molecule has 0 aromatic heterocycles. The number of likely N-dealkylation sites (N-methyl/N-ethyl adjacent to an activating group) is 1. The van der Waals surface area contributed by atoms with Crippen molar-refractivity contribution in [1.82, 2.24) is 15.1 Å². The average molecular weight is 543 g/mol. The Hall–Kier alpha value is -2.81. The number of ether oxygens (including phenoxy) is 1. The van der Waals surface area contributed by atoms with Gasteiger partial charge in [-0.1, -0.05) is 51.5 Å². The maximum atomic E-state index is 13.7. The summed E-state index contributed by atoms with van der Waals surface area (Å²) in [5, 5.41) is 16.1. The highest BCUT2D eigenvalue weighted by atomic mass is 16.5. The number of anilines is 1. The fourth-order valence-electron chi connectivity index (χ4n) is 6.04. The molecule has 2 aliphatic carbocycles. The van der Waals surface area contributed by atoms with E-state index in [4.69, 9.17) is 4.74 Å². The Balaban J connectivity index is 1.59. The van der Waals surface area contributed by atoms with Crippen LogP contribution in [0.3, 0.4) is 0 Å². The average Bonchev–Trinajstić information content (AvgIpc) is 2.95. The number of carbonyl (C=O) groups excluding carboxylic acids is 3. The Kier molecular flexibility index (Phi) is 10.1. The van der Waals surface area contributed by atoms with E-state index < -0.39 is 6.10 Å². The van der Waals surface area contributed by atoms with Gasteiger partial charge in [0.15, 0.2) is 5.75 Å². The lowest BCUT2D eigenvalue weighted by Gasteiger charge is -2.38. The number of nitrogens with zero attached hydrogens (tertiary/aromatic N) is 2. The number of para-hydroxylation sites is 1. The van der Waals surface area contributed by atoms with Crippen molar-refractivity contribution in [2.75, 3.05) is 32.1 Å². The highest BCUT2D eigenvalue weighted by molar-refractivity contribution is 6.02. The zero-order valence-corrected chi connectivity index (χ0v) is 23.8. The minimum Gasteiger partial charge on any atom is -0.485 e. The highest BCUT2D eigenvalue weighted by Crippen LogP contribution is 2.36. The molecule has 3 N–H and O–H groups in total. The molecule has 0 unspecified atom stereocenters. The van der Waals surface area contributed by atoms with E-state index in [2.05, 4.69) is 10.6 Å². The van der Waals surface area contributed by atoms with Crippen molar-refractivity contribution in [3.8, 4) is 5.75 Å². The first kappa shape index (κ1) is 29.2. The highest BCUT2D eigenvalue weighted by Gasteiger charge is 2.35. The summed E-state index contributed by atoms with van der Waals surface area (Å²) < 4.78 is 6.57. The van der Waals surface area contributed by atoms with E-state index in [-0.39, 0.29) is 48.4 Å². The number of rotatable bonds is 7. The van der Waals surface area contributed by atoms with Crippen LogP contribution in [0, 0.1) is 11.8 Å². The Labute approximate surface area is 232 Å². The van der Waals surface area contributed by atoms with Gasteiger partial charge < -0.3 is 30.3 Å². The lowest BCUT2D eigenvalue weighted by molar-refractivity contribution is -0.120. The molecule has 9 heteroatoms. The van der Waals surface area contributed by atoms with E-state index in [0.29, 0.717) is 30.1 Å². The standard InChI is InChI=1S/C30H46N4O5/c1-20-17-34(21(2)19-35)29(37)24-15-10-16-25(32-28(36)22-11-6-4-7-12-22)27(24)39-26(20)18-33(3)30(38)31-23-13-8-5-9-14-23/h10,15-16,20-23,26,35H,4-9,11-14,17-19H2,1-3H3,(H,31,38)(H,32,36)/t20-,21+,26+/m0/s1. The van der Waals surface area contributed by atoms with Gasteiger partial charge in [-0.25, -0.2) is 4.79 Å². The molecule has 0 spiro atoms. The van der Waals surface area contributed by atoms with Crippen molar-refractivity contribution in [3.63, 3.8) is 0 Å². The molecule has 0 bridgehead atoms. The summed E-state index contributed by atoms with van der Waals surface area (Å²) in [6.45, 7) is 4.35. The molecule has 1 heterocycles. The molecule has 2 saturated carbocycles. The second kappa shape index (κ2) is 13.5. The van der Waals surface area contributed by atoms with Gasteiger partial charge in [0.2, 0.25) is 5.91 Å². The van der Waals surface area contributed by atoms with Crippen LogP contribution in [-0.2, 0) is 4.79 Å². The van der Waals surface area contributed by atoms with Crippen LogP contribution in [0.15, 0.2) is 18.2 Å². The topological polar surface area (TPSA) is 111 Å². The molecule has 1 aliphatic heterocycles. The second-order valence-corrected chi connectivity index (χ2v) is 11.8. The third kappa shape index (κ3) is 7.24. The van der Waals surface area contributed by atoms with Crippen molar-refractivity contribution in [2.45, 2.75) is 96.2 Å². The molecule has 3 atom stereocenters. The molecular weight excluding hydrogens is 496 g/mol. The minimum atomic E-state index is -0.430. The van der Waals surface area contributed by atoms with E-state index in [9.17, 15) is 19.5 Å². The van der Waals surface area contributed by atoms with E-state index >= 15 is 0 Å². The van der Waals surface area contributed by atoms with Crippen LogP contribution in [0.4, 0.5) is 10.5 Å². The second-order valence-electron chi connectivity index (χ2n) is 11.8. The molecule has 39 heavy (non-hydrogen) atoms. The van der Waals surface area contributed by atoms with Gasteiger partial charge in [0.25, 0.3) is 5.91 Å². The third-order valence-electron chi connectivity index (χ3n) is 8.66. The first-order valence-electron chi connectivity index (χ1n) is 14.8. The molecule has 0 radical (unpaired) electrons. The number of nitrogens with one attached hydrogen (secondary N) is 2. The zero-order valence-electron chi connectivity index (χ0n) is 23.8. The lowest BCUT2D eigenvalue weighted by atomic mass is 9.88. The summed E-state index contributed by atoms with van der Waals surface area (Å²) in [7, 11) is 1.77. The number of hydrogen-bond donors (Lipinski definition) is 3. The number of carbonyl (C=O) groups is 3. The van der Waals surface area contributed by atoms with Crippen molar-refractivity contribution >= 4 is 23.5 Å². The number of urea groups is 1. The Morgan fingerprint density at radius 1 is 1.10 bits per heavy atom. The van der Waals surface area contributed by atoms with Gasteiger partial charge in [0, 0.05) is 31.5 Å². The molecule has 9 nitrogen and oxygen atoms in total. The largest absolute Gasteiger partial charge is 0.485 e. The number of hydrogen-bond acceptors (Lipinski definition) is 5. The van der Waals surface area contributed by atoms with Gasteiger partial charge >= 0.3 is 6.03 Å². The number of aliphatic hydroxyl groups excluding tert-OH is 1. The van der Waals surface area contributed by atoms with Crippen LogP contribution < -0.4 is 15.4 Å². The van der Waals surface area contributed by atoms with Gasteiger partial charge in [0.05, 0.1) is 30.4 Å². The van der Waals surface area contributed by atoms with E-state index in [0.717, 1.165) is 57.8 Å². The predicted octanol–water partition coefficient (Wildman–Crippen LogP) is 4.40. The van der Waals surface area contributed by atoms with Crippen molar-refractivity contribution in [1.29, 1.82) is 0 Å². The first-order valence-corrected chi connectivity index (χ1v) is 14.8. The normalized spacial score (nSPS) is 23.6. The zero-order chi connectivity index (χ0) is 27.9. The van der Waals surface area contributed by atoms with Crippen molar-refractivity contribution < 1.29 is 24.2 Å². The van der Waals surface area contributed by atoms with Gasteiger partial charge in [-0.05, 0) is 44.7 Å². The molecular formula is C30H46N4O5. The maximum absolute atomic E-state index is 13.7. The van der Waals surface area contributed by atoms with Crippen LogP contribution in [0.1, 0.15) is 88.4 Å². The van der Waals surface area contributed by atoms with E-state index in [1.807, 2.05) is 13.8 Å². The number of fused-ring (bicyclic) bond motifs is 1. The molecule has 0 saturated heterocycles. The number of amides is 4. The molecule has 216 valence electrons. The quantitative estimate of drug-likeness (QED) is 0.473. The van der Waals surface area contributed by atoms with Crippen molar-refractivity contribution in [2.24, 2.45) is 11.8 Å². The molecule has 1 aromatic carbocycles. The first-order chi connectivity index (χ1) is 18.8. The van der Waals surface area contributed by atoms with Gasteiger partial charge in [-0.2, -0.15) is 0 Å². The van der Waals surface area contributed by atoms with E-state index in [1.165, 1.54) is 6.42 Å². The molecule has 3 aliphatic rings. The Morgan fingerprint density at radius 3 is 2.44 bits per heavy atom. The summed E-state index contributed by atoms with van der Waals surface area (Å²) in [5.41, 5.74) is 0.824. The fourth-order valence-corrected chi connectivity index (χ4v) is 6.04. The smallest absolute Gasteiger partial charge is 0.317 e. The summed E-state index contributed by atoms with van der Waals surface area (Å²) in [4.78, 5) is 43.2. The van der Waals surface area contributed by atoms with Crippen LogP contribution in [0.5, 0.6) is 5.75 Å². The summed E-state index contributed by atoms with van der Waals surface area (Å²) >= 11 is 0. The molecule has 4 amide bonds. The summed E-state index contributed by atoms with van der Waals surface area (Å²) in [6, 6.07) is 4.91. The number of benzene rings is 1. The molecule has 4 rings (SSSR count). The van der Waals surface area contributed by atoms with Crippen LogP contribution in [0.25, 0.3) is 0 Å². The van der Waals surface area contributed by atoms with Crippen LogP contribution >= 0.6 is 0 Å². The predicted molar refractivity (Wildman–Crippen MR) is 151 cm³/mol. The Bertz CT molecular complexity index is 1010. The lowest BCUT2D eigenvalue weighted by Crippen LogP contribution is -2.52. The molecule has 2 fully saturated rings. The summed E-state index contributed by atoms with van der Waals surface area (Å²) in [5.74, 6) is -0.138. The maximum Gasteiger partial charge on any atom is 0.317 e. The Morgan fingerprint density at radius 2 is 1.77 bits per heavy atom. The van der Waals surface area contributed by atoms with Gasteiger partial charge in [-0.3, -0.25) is 9.59 Å². The third-order valence-corrected chi connectivity index (χ3v) is 8.66. The van der Waals surface area contributed by atoms with Crippen LogP contribution in [0.2, 0.25) is 0 Å². The minimum absolute atomic E-state index is 0.0460. The van der Waals surface area contributed by atoms with Crippen LogP contribution in [-0.4, -0.2) is 77.7 Å². The van der Waals surface area contributed by atoms with Gasteiger partial charge in [-0.15, -0.1) is 0 Å². The number of aliphatic hydroxyl groups is 1. The summed E-state index contributed by atoms with van der Waals surface area (Å²) in [6.07, 6.45) is 10.0. The van der Waals surface area contributed by atoms with Gasteiger partial charge in [0.1, 0.15) is 6.10 Å². The van der Waals surface area contributed by atoms with E-state index in [1.54, 1.807) is 35.0 Å². The monoisotopic (exact) mass is 542 g/mol. The SMILES string of the molecule is C[C@H](CO)N1C[C@H](C)[C@@H](CN(C)C(=O)NC2CCCCC2)Oc2c(NC(=O)C3CCCCC3)cccc2C1=O. The molecule has 1 aromatic rings.